The molecule has 0 saturated heterocycles. The molecular formula is C18H40N4. The van der Waals surface area contributed by atoms with Crippen LogP contribution in [0.15, 0.2) is 5.10 Å². The molecule has 22 heavy (non-hydrogen) atoms. The number of unbranched alkanes of at least 4 members (excludes halogenated alkanes) is 14. The third-order valence-corrected chi connectivity index (χ3v) is 4.34. The Kier molecular flexibility index (Phi) is 17.6. The quantitative estimate of drug-likeness (QED) is 0.124. The second-order valence-corrected chi connectivity index (χ2v) is 6.42. The smallest absolute Gasteiger partial charge is 0.135 e. The van der Waals surface area contributed by atoms with Crippen molar-refractivity contribution in [2.45, 2.75) is 110 Å². The molecule has 0 aliphatic rings. The Morgan fingerprint density at radius 2 is 1.05 bits per heavy atom. The van der Waals surface area contributed by atoms with E-state index >= 15 is 0 Å². The molecule has 0 unspecified atom stereocenters. The summed E-state index contributed by atoms with van der Waals surface area (Å²) in [7, 11) is 0. The average Bonchev–Trinajstić information content (AvgIpc) is 2.55. The van der Waals surface area contributed by atoms with Gasteiger partial charge in [0.25, 0.3) is 0 Å². The second-order valence-electron chi connectivity index (χ2n) is 6.42. The molecular weight excluding hydrogens is 272 g/mol. The molecule has 0 bridgehead atoms. The van der Waals surface area contributed by atoms with Gasteiger partial charge in [0.1, 0.15) is 5.84 Å². The zero-order valence-corrected chi connectivity index (χ0v) is 14.9. The summed E-state index contributed by atoms with van der Waals surface area (Å²) in [6.45, 7) is 2.28. The molecule has 0 atom stereocenters. The van der Waals surface area contributed by atoms with Crippen LogP contribution >= 0.6 is 0 Å². The number of rotatable bonds is 16. The van der Waals surface area contributed by atoms with Gasteiger partial charge in [-0.2, -0.15) is 5.10 Å². The average molecular weight is 313 g/mol. The Balaban J connectivity index is 3.05. The van der Waals surface area contributed by atoms with Crippen LogP contribution in [0.1, 0.15) is 110 Å². The summed E-state index contributed by atoms with van der Waals surface area (Å²) in [5.74, 6) is 11.2. The van der Waals surface area contributed by atoms with E-state index in [0.29, 0.717) is 5.84 Å². The Bertz CT molecular complexity index is 241. The van der Waals surface area contributed by atoms with Crippen molar-refractivity contribution in [3.8, 4) is 0 Å². The standard InChI is InChI=1S/C18H40N4/c1-2-3-4-5-6-7-8-9-10-11-12-13-14-15-16-17-18(21-19)22-20/h2-17,19-20H2,1H3,(H,21,22). The lowest BCUT2D eigenvalue weighted by atomic mass is 10.0. The molecule has 5 N–H and O–H groups in total. The molecule has 0 fully saturated rings. The highest BCUT2D eigenvalue weighted by Gasteiger charge is 1.97. The summed E-state index contributed by atoms with van der Waals surface area (Å²) < 4.78 is 0. The summed E-state index contributed by atoms with van der Waals surface area (Å²) in [6, 6.07) is 0. The van der Waals surface area contributed by atoms with Gasteiger partial charge in [0.05, 0.1) is 0 Å². The maximum Gasteiger partial charge on any atom is 0.135 e. The number of nitrogens with two attached hydrogens (primary N) is 2. The molecule has 0 aromatic rings. The Morgan fingerprint density at radius 1 is 0.682 bits per heavy atom. The molecule has 0 aromatic heterocycles. The van der Waals surface area contributed by atoms with Crippen LogP contribution in [0.2, 0.25) is 0 Å². The van der Waals surface area contributed by atoms with Gasteiger partial charge < -0.3 is 11.3 Å². The van der Waals surface area contributed by atoms with Crippen molar-refractivity contribution in [2.75, 3.05) is 0 Å². The first-order valence-corrected chi connectivity index (χ1v) is 9.58. The number of hydrogen-bond acceptors (Lipinski definition) is 3. The maximum atomic E-state index is 5.28. The van der Waals surface area contributed by atoms with Crippen LogP contribution in [0.4, 0.5) is 0 Å². The van der Waals surface area contributed by atoms with Gasteiger partial charge in [-0.3, -0.25) is 0 Å². The molecule has 0 saturated carbocycles. The highest BCUT2D eigenvalue weighted by atomic mass is 15.3. The minimum Gasteiger partial charge on any atom is -0.322 e. The molecule has 0 aliphatic carbocycles. The van der Waals surface area contributed by atoms with Crippen molar-refractivity contribution in [1.82, 2.24) is 5.43 Å². The topological polar surface area (TPSA) is 76.4 Å². The summed E-state index contributed by atoms with van der Waals surface area (Å²) in [5.41, 5.74) is 2.53. The van der Waals surface area contributed by atoms with Crippen molar-refractivity contribution < 1.29 is 0 Å². The minimum absolute atomic E-state index is 0.703. The van der Waals surface area contributed by atoms with Gasteiger partial charge in [-0.25, -0.2) is 5.84 Å². The van der Waals surface area contributed by atoms with E-state index in [1.54, 1.807) is 0 Å². The van der Waals surface area contributed by atoms with Crippen molar-refractivity contribution in [3.63, 3.8) is 0 Å². The van der Waals surface area contributed by atoms with Crippen LogP contribution in [0.25, 0.3) is 0 Å². The Labute approximate surface area is 138 Å². The molecule has 0 amide bonds. The predicted octanol–water partition coefficient (Wildman–Crippen LogP) is 4.98. The maximum absolute atomic E-state index is 5.28. The van der Waals surface area contributed by atoms with E-state index in [1.165, 1.54) is 89.9 Å². The van der Waals surface area contributed by atoms with Gasteiger partial charge >= 0.3 is 0 Å². The van der Waals surface area contributed by atoms with Crippen molar-refractivity contribution in [1.29, 1.82) is 0 Å². The minimum atomic E-state index is 0.703. The summed E-state index contributed by atoms with van der Waals surface area (Å²) in [4.78, 5) is 0. The number of nitrogens with one attached hydrogen (secondary N) is 1. The zero-order valence-electron chi connectivity index (χ0n) is 14.9. The Hall–Kier alpha value is -0.770. The zero-order chi connectivity index (χ0) is 16.3. The largest absolute Gasteiger partial charge is 0.322 e. The van der Waals surface area contributed by atoms with Crippen molar-refractivity contribution >= 4 is 5.84 Å². The third kappa shape index (κ3) is 15.6. The molecule has 4 heteroatoms. The molecule has 0 aromatic carbocycles. The van der Waals surface area contributed by atoms with E-state index in [0.717, 1.165) is 12.8 Å². The first kappa shape index (κ1) is 21.2. The fraction of sp³-hybridized carbons (Fsp3) is 0.944. The summed E-state index contributed by atoms with van der Waals surface area (Å²) >= 11 is 0. The van der Waals surface area contributed by atoms with Crippen molar-refractivity contribution in [2.24, 2.45) is 16.8 Å². The highest BCUT2D eigenvalue weighted by Crippen LogP contribution is 2.13. The van der Waals surface area contributed by atoms with E-state index < -0.39 is 0 Å². The van der Waals surface area contributed by atoms with E-state index in [2.05, 4.69) is 17.5 Å². The highest BCUT2D eigenvalue weighted by molar-refractivity contribution is 5.81. The van der Waals surface area contributed by atoms with E-state index in [-0.39, 0.29) is 0 Å². The van der Waals surface area contributed by atoms with Crippen LogP contribution in [0, 0.1) is 0 Å². The Morgan fingerprint density at radius 3 is 1.36 bits per heavy atom. The first-order chi connectivity index (χ1) is 10.8. The van der Waals surface area contributed by atoms with Gasteiger partial charge in [-0.1, -0.05) is 96.8 Å². The fourth-order valence-electron chi connectivity index (χ4n) is 2.84. The summed E-state index contributed by atoms with van der Waals surface area (Å²) in [5, 5.41) is 3.59. The lowest BCUT2D eigenvalue weighted by molar-refractivity contribution is 0.533. The van der Waals surface area contributed by atoms with Crippen LogP contribution in [0.3, 0.4) is 0 Å². The summed E-state index contributed by atoms with van der Waals surface area (Å²) in [6.07, 6.45) is 21.6. The van der Waals surface area contributed by atoms with Gasteiger partial charge in [-0.15, -0.1) is 0 Å². The van der Waals surface area contributed by atoms with E-state index in [4.69, 9.17) is 11.7 Å². The lowest BCUT2D eigenvalue weighted by Gasteiger charge is -2.04. The monoisotopic (exact) mass is 312 g/mol. The number of amidine groups is 1. The van der Waals surface area contributed by atoms with Crippen LogP contribution in [-0.2, 0) is 0 Å². The van der Waals surface area contributed by atoms with E-state index in [9.17, 15) is 0 Å². The third-order valence-electron chi connectivity index (χ3n) is 4.34. The van der Waals surface area contributed by atoms with Crippen LogP contribution in [-0.4, -0.2) is 5.84 Å². The van der Waals surface area contributed by atoms with Gasteiger partial charge in [0.15, 0.2) is 0 Å². The number of nitrogens with zero attached hydrogens (tertiary/aromatic N) is 1. The van der Waals surface area contributed by atoms with Gasteiger partial charge in [0, 0.05) is 6.42 Å². The number of hydrogen-bond donors (Lipinski definition) is 3. The molecule has 4 nitrogen and oxygen atoms in total. The molecule has 0 aliphatic heterocycles. The number of hydrazine groups is 1. The van der Waals surface area contributed by atoms with Crippen LogP contribution in [0.5, 0.6) is 0 Å². The lowest BCUT2D eigenvalue weighted by Crippen LogP contribution is -2.31. The molecule has 0 radical (unpaired) electrons. The second kappa shape index (κ2) is 18.3. The van der Waals surface area contributed by atoms with Gasteiger partial charge in [-0.05, 0) is 6.42 Å². The fourth-order valence-corrected chi connectivity index (χ4v) is 2.84. The SMILES string of the molecule is CCCCCCCCCCCCCCCCCC(=NN)NN. The normalized spacial score (nSPS) is 11.8. The predicted molar refractivity (Wildman–Crippen MR) is 98.5 cm³/mol. The van der Waals surface area contributed by atoms with Crippen molar-refractivity contribution in [3.05, 3.63) is 0 Å². The number of hydrazone groups is 1. The van der Waals surface area contributed by atoms with Crippen LogP contribution < -0.4 is 17.1 Å². The molecule has 0 spiro atoms. The molecule has 0 rings (SSSR count). The van der Waals surface area contributed by atoms with Gasteiger partial charge in [0.2, 0.25) is 0 Å². The first-order valence-electron chi connectivity index (χ1n) is 9.58. The molecule has 132 valence electrons. The van der Waals surface area contributed by atoms with E-state index in [1.807, 2.05) is 0 Å². The molecule has 0 heterocycles.